The highest BCUT2D eigenvalue weighted by Gasteiger charge is 2.30. The van der Waals surface area contributed by atoms with Crippen molar-refractivity contribution in [2.24, 2.45) is 11.8 Å². The number of amides is 1. The molecular weight excluding hydrogens is 435 g/mol. The molecule has 31 heavy (non-hydrogen) atoms. The standard InChI is InChI=1S/C21H23ClF3N3O3/c1-31-19(30)15-6-2-13(3-7-15)10-26-18(29)17-11-27-20(22)28(17)12-14-4-8-16(9-5-14)21(23,24)25/h4-5,8-9,11,13,15H,2-3,6-7,10,12H2,1H3,(H,26,29)/t13-,15-. The summed E-state index contributed by atoms with van der Waals surface area (Å²) in [5, 5.41) is 2.94. The van der Waals surface area contributed by atoms with E-state index in [0.717, 1.165) is 37.8 Å². The Morgan fingerprint density at radius 3 is 2.42 bits per heavy atom. The summed E-state index contributed by atoms with van der Waals surface area (Å²) < 4.78 is 44.4. The van der Waals surface area contributed by atoms with E-state index in [0.29, 0.717) is 12.1 Å². The quantitative estimate of drug-likeness (QED) is 0.656. The number of benzene rings is 1. The van der Waals surface area contributed by atoms with Crippen LogP contribution in [0.2, 0.25) is 5.28 Å². The normalized spacial score (nSPS) is 19.1. The first-order valence-corrected chi connectivity index (χ1v) is 10.3. The van der Waals surface area contributed by atoms with Gasteiger partial charge in [-0.1, -0.05) is 12.1 Å². The Labute approximate surface area is 182 Å². The van der Waals surface area contributed by atoms with Crippen LogP contribution in [0.5, 0.6) is 0 Å². The second kappa shape index (κ2) is 9.72. The predicted molar refractivity (Wildman–Crippen MR) is 108 cm³/mol. The van der Waals surface area contributed by atoms with Gasteiger partial charge in [-0.15, -0.1) is 0 Å². The van der Waals surface area contributed by atoms with E-state index in [2.05, 4.69) is 10.3 Å². The topological polar surface area (TPSA) is 73.2 Å². The molecule has 168 valence electrons. The number of alkyl halides is 3. The van der Waals surface area contributed by atoms with E-state index in [1.807, 2.05) is 0 Å². The van der Waals surface area contributed by atoms with Crippen molar-refractivity contribution in [1.82, 2.24) is 14.9 Å². The molecule has 10 heteroatoms. The number of nitrogens with zero attached hydrogens (tertiary/aromatic N) is 2. The second-order valence-electron chi connectivity index (χ2n) is 7.64. The first kappa shape index (κ1) is 23.1. The minimum absolute atomic E-state index is 0.0728. The summed E-state index contributed by atoms with van der Waals surface area (Å²) in [5.74, 6) is -0.377. The molecule has 3 rings (SSSR count). The Morgan fingerprint density at radius 1 is 1.19 bits per heavy atom. The van der Waals surface area contributed by atoms with E-state index in [9.17, 15) is 22.8 Å². The highest BCUT2D eigenvalue weighted by atomic mass is 35.5. The predicted octanol–water partition coefficient (Wildman–Crippen LogP) is 4.31. The molecule has 1 N–H and O–H groups in total. The number of imidazole rings is 1. The van der Waals surface area contributed by atoms with Gasteiger partial charge in [0, 0.05) is 6.54 Å². The van der Waals surface area contributed by atoms with Crippen molar-refractivity contribution in [3.8, 4) is 0 Å². The van der Waals surface area contributed by atoms with Crippen LogP contribution >= 0.6 is 11.6 Å². The van der Waals surface area contributed by atoms with Gasteiger partial charge >= 0.3 is 12.1 Å². The van der Waals surface area contributed by atoms with Crippen molar-refractivity contribution < 1.29 is 27.5 Å². The summed E-state index contributed by atoms with van der Waals surface area (Å²) in [4.78, 5) is 28.2. The number of nitrogens with one attached hydrogen (secondary N) is 1. The summed E-state index contributed by atoms with van der Waals surface area (Å²) in [6, 6.07) is 4.68. The van der Waals surface area contributed by atoms with E-state index in [1.54, 1.807) is 0 Å². The zero-order valence-electron chi connectivity index (χ0n) is 16.9. The van der Waals surface area contributed by atoms with Gasteiger partial charge in [-0.3, -0.25) is 9.59 Å². The number of hydrogen-bond donors (Lipinski definition) is 1. The number of carbonyl (C=O) groups excluding carboxylic acids is 2. The first-order valence-electron chi connectivity index (χ1n) is 9.92. The van der Waals surface area contributed by atoms with Gasteiger partial charge in [0.05, 0.1) is 31.3 Å². The Bertz CT molecular complexity index is 920. The third kappa shape index (κ3) is 5.78. The fourth-order valence-electron chi connectivity index (χ4n) is 3.76. The summed E-state index contributed by atoms with van der Waals surface area (Å²) in [6.07, 6.45) is 0.00907. The molecule has 0 saturated heterocycles. The van der Waals surface area contributed by atoms with Gasteiger partial charge in [0.15, 0.2) is 0 Å². The van der Waals surface area contributed by atoms with Crippen LogP contribution in [-0.4, -0.2) is 35.1 Å². The van der Waals surface area contributed by atoms with Crippen LogP contribution in [0.4, 0.5) is 13.2 Å². The summed E-state index contributed by atoms with van der Waals surface area (Å²) in [6.45, 7) is 0.569. The lowest BCUT2D eigenvalue weighted by Crippen LogP contribution is -2.33. The summed E-state index contributed by atoms with van der Waals surface area (Å²) in [5.41, 5.74) is 0.0455. The van der Waals surface area contributed by atoms with Gasteiger partial charge < -0.3 is 14.6 Å². The number of hydrogen-bond acceptors (Lipinski definition) is 4. The molecule has 0 radical (unpaired) electrons. The molecule has 1 amide bonds. The average Bonchev–Trinajstić information content (AvgIpc) is 3.12. The monoisotopic (exact) mass is 457 g/mol. The maximum atomic E-state index is 12.7. The van der Waals surface area contributed by atoms with Crippen LogP contribution in [0.1, 0.15) is 47.3 Å². The Balaban J connectivity index is 1.59. The van der Waals surface area contributed by atoms with Crippen LogP contribution in [0.3, 0.4) is 0 Å². The zero-order chi connectivity index (χ0) is 22.6. The summed E-state index contributed by atoms with van der Waals surface area (Å²) >= 11 is 6.10. The zero-order valence-corrected chi connectivity index (χ0v) is 17.7. The van der Waals surface area contributed by atoms with Crippen LogP contribution in [0.25, 0.3) is 0 Å². The van der Waals surface area contributed by atoms with Gasteiger partial charge in [0.1, 0.15) is 5.69 Å². The third-order valence-corrected chi connectivity index (χ3v) is 5.90. The van der Waals surface area contributed by atoms with E-state index in [4.69, 9.17) is 16.3 Å². The number of halogens is 4. The highest BCUT2D eigenvalue weighted by molar-refractivity contribution is 6.28. The highest BCUT2D eigenvalue weighted by Crippen LogP contribution is 2.30. The Kier molecular flexibility index (Phi) is 7.25. The van der Waals surface area contributed by atoms with Crippen molar-refractivity contribution in [1.29, 1.82) is 0 Å². The van der Waals surface area contributed by atoms with Crippen molar-refractivity contribution >= 4 is 23.5 Å². The van der Waals surface area contributed by atoms with Crippen LogP contribution in [-0.2, 0) is 22.3 Å². The van der Waals surface area contributed by atoms with Crippen LogP contribution < -0.4 is 5.32 Å². The molecule has 1 aromatic carbocycles. The molecule has 1 aromatic heterocycles. The van der Waals surface area contributed by atoms with E-state index in [1.165, 1.54) is 30.0 Å². The number of ether oxygens (including phenoxy) is 1. The SMILES string of the molecule is COC(=O)[C@H]1CC[C@H](CNC(=O)c2cnc(Cl)n2Cc2ccc(C(F)(F)F)cc2)CC1. The molecule has 6 nitrogen and oxygen atoms in total. The maximum Gasteiger partial charge on any atom is 0.416 e. The maximum absolute atomic E-state index is 12.7. The molecule has 0 unspecified atom stereocenters. The lowest BCUT2D eigenvalue weighted by molar-refractivity contribution is -0.146. The lowest BCUT2D eigenvalue weighted by atomic mass is 9.82. The van der Waals surface area contributed by atoms with Crippen LogP contribution in [0, 0.1) is 11.8 Å². The van der Waals surface area contributed by atoms with Gasteiger partial charge in [0.25, 0.3) is 5.91 Å². The molecule has 0 atom stereocenters. The minimum atomic E-state index is -4.41. The molecule has 1 aliphatic rings. The number of rotatable bonds is 6. The third-order valence-electron chi connectivity index (χ3n) is 5.59. The first-order chi connectivity index (χ1) is 14.7. The molecule has 1 fully saturated rings. The smallest absolute Gasteiger partial charge is 0.416 e. The fourth-order valence-corrected chi connectivity index (χ4v) is 3.96. The molecular formula is C21H23ClF3N3O3. The number of methoxy groups -OCH3 is 1. The molecule has 0 spiro atoms. The molecule has 1 saturated carbocycles. The molecule has 2 aromatic rings. The number of esters is 1. The van der Waals surface area contributed by atoms with Gasteiger partial charge in [-0.25, -0.2) is 4.98 Å². The second-order valence-corrected chi connectivity index (χ2v) is 7.98. The van der Waals surface area contributed by atoms with Crippen molar-refractivity contribution in [2.45, 2.75) is 38.4 Å². The minimum Gasteiger partial charge on any atom is -0.469 e. The van der Waals surface area contributed by atoms with Gasteiger partial charge in [-0.2, -0.15) is 13.2 Å². The largest absolute Gasteiger partial charge is 0.469 e. The van der Waals surface area contributed by atoms with E-state index in [-0.39, 0.29) is 41.2 Å². The Hall–Kier alpha value is -2.55. The summed E-state index contributed by atoms with van der Waals surface area (Å²) in [7, 11) is 1.38. The van der Waals surface area contributed by atoms with Crippen molar-refractivity contribution in [3.05, 3.63) is 52.6 Å². The Morgan fingerprint density at radius 2 is 1.84 bits per heavy atom. The van der Waals surface area contributed by atoms with Gasteiger partial charge in [0.2, 0.25) is 5.28 Å². The van der Waals surface area contributed by atoms with Gasteiger partial charge in [-0.05, 0) is 60.9 Å². The number of carbonyl (C=O) groups is 2. The average molecular weight is 458 g/mol. The van der Waals surface area contributed by atoms with Crippen LogP contribution in [0.15, 0.2) is 30.5 Å². The lowest BCUT2D eigenvalue weighted by Gasteiger charge is -2.27. The molecule has 0 aliphatic heterocycles. The molecule has 1 aliphatic carbocycles. The number of aromatic nitrogens is 2. The van der Waals surface area contributed by atoms with E-state index < -0.39 is 11.7 Å². The fraction of sp³-hybridized carbons (Fsp3) is 0.476. The van der Waals surface area contributed by atoms with Crippen molar-refractivity contribution in [3.63, 3.8) is 0 Å². The molecule has 0 bridgehead atoms. The van der Waals surface area contributed by atoms with Crippen molar-refractivity contribution in [2.75, 3.05) is 13.7 Å². The molecule has 1 heterocycles. The van der Waals surface area contributed by atoms with E-state index >= 15 is 0 Å².